The van der Waals surface area contributed by atoms with Crippen LogP contribution in [0, 0.1) is 5.92 Å². The molecule has 0 bridgehead atoms. The number of benzene rings is 3. The second-order valence-corrected chi connectivity index (χ2v) is 9.42. The van der Waals surface area contributed by atoms with Crippen molar-refractivity contribution in [1.82, 2.24) is 0 Å². The maximum Gasteiger partial charge on any atom is 0.266 e. The molecule has 2 aliphatic rings. The summed E-state index contributed by atoms with van der Waals surface area (Å²) in [4.78, 5) is 34.7. The maximum absolute atomic E-state index is 13.8. The van der Waals surface area contributed by atoms with Crippen LogP contribution in [0.4, 0.5) is 11.4 Å². The molecular formula is C29H29ClN2O5. The molecule has 0 saturated carbocycles. The number of imide groups is 1. The Balaban J connectivity index is 1.55. The monoisotopic (exact) mass is 520 g/mol. The Morgan fingerprint density at radius 3 is 2.32 bits per heavy atom. The molecule has 0 N–H and O–H groups in total. The lowest BCUT2D eigenvalue weighted by Crippen LogP contribution is -2.37. The Morgan fingerprint density at radius 1 is 0.865 bits per heavy atom. The number of ether oxygens (including phenoxy) is 2. The van der Waals surface area contributed by atoms with E-state index in [0.717, 1.165) is 24.1 Å². The number of anilines is 2. The first-order chi connectivity index (χ1) is 18.0. The standard InChI is InChI=1S/C29H29ClN2O5/c1-3-5-17-36-23-16-11-19(18-24(23)35-4-2)26-25-27(37-32(26)22-9-7-6-8-10-22)29(34)31(28(25)33)21-14-12-20(30)13-15-21/h6-16,18,25-27H,3-5,17H2,1-2H3/t25-,26+,27-/m1/s1. The van der Waals surface area contributed by atoms with Gasteiger partial charge >= 0.3 is 0 Å². The molecule has 3 aromatic carbocycles. The van der Waals surface area contributed by atoms with Crippen molar-refractivity contribution in [2.45, 2.75) is 38.8 Å². The van der Waals surface area contributed by atoms with E-state index in [-0.39, 0.29) is 5.91 Å². The van der Waals surface area contributed by atoms with Crippen LogP contribution in [0.1, 0.15) is 38.3 Å². The lowest BCUT2D eigenvalue weighted by molar-refractivity contribution is -0.126. The van der Waals surface area contributed by atoms with E-state index in [1.807, 2.05) is 55.5 Å². The molecule has 192 valence electrons. The number of fused-ring (bicyclic) bond motifs is 1. The Hall–Kier alpha value is -3.55. The molecule has 2 aliphatic heterocycles. The number of carbonyl (C=O) groups is 2. The smallest absolute Gasteiger partial charge is 0.266 e. The molecule has 0 spiro atoms. The minimum absolute atomic E-state index is 0.318. The first-order valence-electron chi connectivity index (χ1n) is 12.6. The van der Waals surface area contributed by atoms with E-state index < -0.39 is 24.0 Å². The lowest BCUT2D eigenvalue weighted by atomic mass is 9.90. The third kappa shape index (κ3) is 4.77. The van der Waals surface area contributed by atoms with Crippen LogP contribution < -0.4 is 19.4 Å². The number of hydroxylamine groups is 1. The number of unbranched alkanes of at least 4 members (excludes halogenated alkanes) is 1. The van der Waals surface area contributed by atoms with Gasteiger partial charge in [-0.1, -0.05) is 49.2 Å². The number of amides is 2. The van der Waals surface area contributed by atoms with Crippen LogP contribution in [0.2, 0.25) is 5.02 Å². The van der Waals surface area contributed by atoms with Crippen LogP contribution >= 0.6 is 11.6 Å². The van der Waals surface area contributed by atoms with Gasteiger partial charge in [0.25, 0.3) is 5.91 Å². The summed E-state index contributed by atoms with van der Waals surface area (Å²) in [5.74, 6) is -0.215. The summed E-state index contributed by atoms with van der Waals surface area (Å²) in [5, 5.41) is 2.20. The average Bonchev–Trinajstić information content (AvgIpc) is 3.42. The van der Waals surface area contributed by atoms with E-state index in [2.05, 4.69) is 6.92 Å². The van der Waals surface area contributed by atoms with Gasteiger partial charge in [-0.15, -0.1) is 0 Å². The van der Waals surface area contributed by atoms with Gasteiger partial charge in [-0.05, 0) is 67.4 Å². The largest absolute Gasteiger partial charge is 0.490 e. The van der Waals surface area contributed by atoms with Gasteiger partial charge in [0.05, 0.1) is 30.6 Å². The molecule has 7 nitrogen and oxygen atoms in total. The van der Waals surface area contributed by atoms with Crippen molar-refractivity contribution in [2.24, 2.45) is 5.92 Å². The second kappa shape index (κ2) is 10.8. The molecule has 0 radical (unpaired) electrons. The van der Waals surface area contributed by atoms with Crippen LogP contribution in [-0.2, 0) is 14.4 Å². The van der Waals surface area contributed by atoms with Crippen LogP contribution in [0.15, 0.2) is 72.8 Å². The van der Waals surface area contributed by atoms with Crippen LogP contribution in [0.3, 0.4) is 0 Å². The maximum atomic E-state index is 13.8. The number of nitrogens with zero attached hydrogens (tertiary/aromatic N) is 2. The van der Waals surface area contributed by atoms with Crippen molar-refractivity contribution >= 4 is 34.8 Å². The second-order valence-electron chi connectivity index (χ2n) is 8.99. The Labute approximate surface area is 221 Å². The molecule has 2 fully saturated rings. The highest BCUT2D eigenvalue weighted by atomic mass is 35.5. The number of halogens is 1. The lowest BCUT2D eigenvalue weighted by Gasteiger charge is -2.29. The highest BCUT2D eigenvalue weighted by Gasteiger charge is 2.60. The van der Waals surface area contributed by atoms with Crippen LogP contribution in [-0.4, -0.2) is 31.1 Å². The molecule has 8 heteroatoms. The van der Waals surface area contributed by atoms with Crippen molar-refractivity contribution in [2.75, 3.05) is 23.2 Å². The molecule has 2 saturated heterocycles. The van der Waals surface area contributed by atoms with Gasteiger partial charge in [-0.25, -0.2) is 9.96 Å². The summed E-state index contributed by atoms with van der Waals surface area (Å²) < 4.78 is 11.9. The van der Waals surface area contributed by atoms with E-state index in [0.29, 0.717) is 35.4 Å². The van der Waals surface area contributed by atoms with E-state index in [4.69, 9.17) is 25.9 Å². The fourth-order valence-corrected chi connectivity index (χ4v) is 4.95. The molecular weight excluding hydrogens is 492 g/mol. The van der Waals surface area contributed by atoms with Crippen LogP contribution in [0.25, 0.3) is 0 Å². The molecule has 2 amide bonds. The van der Waals surface area contributed by atoms with Crippen molar-refractivity contribution in [3.63, 3.8) is 0 Å². The Morgan fingerprint density at radius 2 is 1.62 bits per heavy atom. The zero-order valence-electron chi connectivity index (χ0n) is 20.8. The minimum atomic E-state index is -0.954. The normalized spacial score (nSPS) is 20.9. The van der Waals surface area contributed by atoms with Crippen molar-refractivity contribution < 1.29 is 23.9 Å². The molecule has 37 heavy (non-hydrogen) atoms. The zero-order valence-corrected chi connectivity index (χ0v) is 21.6. The number of carbonyl (C=O) groups excluding carboxylic acids is 2. The van der Waals surface area contributed by atoms with Crippen molar-refractivity contribution in [1.29, 1.82) is 0 Å². The fraction of sp³-hybridized carbons (Fsp3) is 0.310. The van der Waals surface area contributed by atoms with E-state index in [1.165, 1.54) is 4.90 Å². The van der Waals surface area contributed by atoms with Gasteiger partial charge in [-0.3, -0.25) is 14.4 Å². The van der Waals surface area contributed by atoms with Gasteiger partial charge < -0.3 is 9.47 Å². The van der Waals surface area contributed by atoms with Crippen molar-refractivity contribution in [3.8, 4) is 11.5 Å². The molecule has 3 atom stereocenters. The predicted molar refractivity (Wildman–Crippen MR) is 142 cm³/mol. The quantitative estimate of drug-likeness (QED) is 0.256. The van der Waals surface area contributed by atoms with Crippen molar-refractivity contribution in [3.05, 3.63) is 83.4 Å². The highest BCUT2D eigenvalue weighted by Crippen LogP contribution is 2.48. The molecule has 3 aromatic rings. The summed E-state index contributed by atoms with van der Waals surface area (Å²) >= 11 is 6.03. The molecule has 0 aromatic heterocycles. The molecule has 0 unspecified atom stereocenters. The number of hydrogen-bond acceptors (Lipinski definition) is 6. The summed E-state index contributed by atoms with van der Waals surface area (Å²) in [6.45, 7) is 5.08. The first-order valence-corrected chi connectivity index (χ1v) is 12.9. The SMILES string of the molecule is CCCCOc1ccc([C@H]2[C@H]3C(=O)N(c4ccc(Cl)cc4)C(=O)[C@@H]3ON2c2ccccc2)cc1OCC. The van der Waals surface area contributed by atoms with E-state index >= 15 is 0 Å². The van der Waals surface area contributed by atoms with Crippen LogP contribution in [0.5, 0.6) is 11.5 Å². The number of para-hydroxylation sites is 1. The van der Waals surface area contributed by atoms with Gasteiger partial charge in [0.2, 0.25) is 5.91 Å². The molecule has 0 aliphatic carbocycles. The Bertz CT molecular complexity index is 1270. The molecule has 5 rings (SSSR count). The number of hydrogen-bond donors (Lipinski definition) is 0. The van der Waals surface area contributed by atoms with Gasteiger partial charge in [0.15, 0.2) is 17.6 Å². The third-order valence-electron chi connectivity index (χ3n) is 6.58. The summed E-state index contributed by atoms with van der Waals surface area (Å²) in [6, 6.07) is 21.2. The Kier molecular flexibility index (Phi) is 7.35. The fourth-order valence-electron chi connectivity index (χ4n) is 4.82. The van der Waals surface area contributed by atoms with E-state index in [9.17, 15) is 9.59 Å². The minimum Gasteiger partial charge on any atom is -0.490 e. The summed E-state index contributed by atoms with van der Waals surface area (Å²) in [5.41, 5.74) is 2.01. The summed E-state index contributed by atoms with van der Waals surface area (Å²) in [7, 11) is 0. The third-order valence-corrected chi connectivity index (χ3v) is 6.83. The van der Waals surface area contributed by atoms with Gasteiger partial charge in [0, 0.05) is 5.02 Å². The zero-order chi connectivity index (χ0) is 25.9. The highest BCUT2D eigenvalue weighted by molar-refractivity contribution is 6.31. The number of rotatable bonds is 9. The molecule has 2 heterocycles. The summed E-state index contributed by atoms with van der Waals surface area (Å²) in [6.07, 6.45) is 1.01. The van der Waals surface area contributed by atoms with Gasteiger partial charge in [-0.2, -0.15) is 0 Å². The van der Waals surface area contributed by atoms with Gasteiger partial charge in [0.1, 0.15) is 5.92 Å². The topological polar surface area (TPSA) is 68.3 Å². The predicted octanol–water partition coefficient (Wildman–Crippen LogP) is 5.97. The first kappa shape index (κ1) is 25.1. The van der Waals surface area contributed by atoms with E-state index in [1.54, 1.807) is 29.3 Å². The average molecular weight is 521 g/mol.